The Morgan fingerprint density at radius 3 is 1.80 bits per heavy atom. The van der Waals surface area contributed by atoms with Crippen molar-refractivity contribution in [2.45, 2.75) is 6.42 Å². The summed E-state index contributed by atoms with van der Waals surface area (Å²) in [6.45, 7) is 2.24. The van der Waals surface area contributed by atoms with Gasteiger partial charge in [-0.05, 0) is 18.9 Å². The number of rotatable bonds is 2. The minimum absolute atomic E-state index is 0.681. The van der Waals surface area contributed by atoms with Gasteiger partial charge in [0.15, 0.2) is 0 Å². The van der Waals surface area contributed by atoms with Gasteiger partial charge in [0.1, 0.15) is 6.33 Å². The van der Waals surface area contributed by atoms with Gasteiger partial charge >= 0.3 is 23.9 Å². The van der Waals surface area contributed by atoms with Crippen LogP contribution in [0.15, 0.2) is 24.8 Å². The summed E-state index contributed by atoms with van der Waals surface area (Å²) in [5.74, 6) is -6.62. The first-order chi connectivity index (χ1) is 11.7. The van der Waals surface area contributed by atoms with Gasteiger partial charge in [0.2, 0.25) is 0 Å². The zero-order chi connectivity index (χ0) is 19.2. The van der Waals surface area contributed by atoms with Crippen LogP contribution < -0.4 is 5.32 Å². The summed E-state index contributed by atoms with van der Waals surface area (Å²) in [6.07, 6.45) is 10.8. The van der Waals surface area contributed by atoms with Crippen molar-refractivity contribution in [2.75, 3.05) is 13.1 Å². The molecule has 11 heteroatoms. The van der Waals surface area contributed by atoms with E-state index in [9.17, 15) is 0 Å². The lowest BCUT2D eigenvalue weighted by molar-refractivity contribution is -0.159. The molecular weight excluding hydrogens is 338 g/mol. The summed E-state index contributed by atoms with van der Waals surface area (Å²) in [5.41, 5.74) is 1.08. The molecule has 0 radical (unpaired) electrons. The van der Waals surface area contributed by atoms with Crippen molar-refractivity contribution in [3.63, 3.8) is 0 Å². The Hall–Kier alpha value is -3.34. The number of nitrogens with one attached hydrogen (secondary N) is 1. The molecule has 0 amide bonds. The zero-order valence-corrected chi connectivity index (χ0v) is 12.9. The molecule has 136 valence electrons. The number of hydrogen-bond donors (Lipinski definition) is 5. The van der Waals surface area contributed by atoms with Crippen LogP contribution in [0.2, 0.25) is 0 Å². The van der Waals surface area contributed by atoms with E-state index in [-0.39, 0.29) is 0 Å². The van der Waals surface area contributed by atoms with Gasteiger partial charge in [-0.3, -0.25) is 0 Å². The van der Waals surface area contributed by atoms with E-state index < -0.39 is 23.9 Å². The Balaban J connectivity index is 0.000000406. The molecule has 5 N–H and O–H groups in total. The van der Waals surface area contributed by atoms with Crippen molar-refractivity contribution in [3.05, 3.63) is 30.4 Å². The number of aromatic nitrogens is 2. The highest BCUT2D eigenvalue weighted by molar-refractivity contribution is 6.27. The number of aliphatic carboxylic acids is 4. The molecule has 1 aliphatic rings. The monoisotopic (exact) mass is 355 g/mol. The molecule has 0 spiro atoms. The Bertz CT molecular complexity index is 564. The standard InChI is InChI=1S/C10H13N3.2C2H2O4/c1(9-3-4-11-5-9)2-10-6-12-8-13-7-10;2*3-1(4)2(5)6/h1-2,6-9,11H,3-5H2;2*(H,3,4)(H,5,6)/b2-1+;;/t9-;;/m0../s1. The third-order valence-electron chi connectivity index (χ3n) is 2.61. The molecule has 2 heterocycles. The highest BCUT2D eigenvalue weighted by atomic mass is 16.4. The topological polar surface area (TPSA) is 187 Å². The maximum absolute atomic E-state index is 9.10. The predicted molar refractivity (Wildman–Crippen MR) is 82.6 cm³/mol. The van der Waals surface area contributed by atoms with Crippen LogP contribution in [-0.4, -0.2) is 67.4 Å². The maximum Gasteiger partial charge on any atom is 0.414 e. The number of carboxylic acid groups (broad SMARTS) is 4. The van der Waals surface area contributed by atoms with Crippen LogP contribution in [0.1, 0.15) is 12.0 Å². The summed E-state index contributed by atoms with van der Waals surface area (Å²) in [5, 5.41) is 32.9. The molecule has 1 aliphatic heterocycles. The van der Waals surface area contributed by atoms with Crippen molar-refractivity contribution < 1.29 is 39.6 Å². The molecule has 0 unspecified atom stereocenters. The van der Waals surface area contributed by atoms with Gasteiger partial charge in [-0.1, -0.05) is 12.2 Å². The van der Waals surface area contributed by atoms with E-state index in [1.165, 1.54) is 6.42 Å². The summed E-state index contributed by atoms with van der Waals surface area (Å²) in [4.78, 5) is 44.3. The lowest BCUT2D eigenvalue weighted by Crippen LogP contribution is -2.09. The van der Waals surface area contributed by atoms with Crippen molar-refractivity contribution in [1.29, 1.82) is 0 Å². The van der Waals surface area contributed by atoms with E-state index >= 15 is 0 Å². The molecule has 0 bridgehead atoms. The van der Waals surface area contributed by atoms with Crippen LogP contribution >= 0.6 is 0 Å². The first-order valence-corrected chi connectivity index (χ1v) is 6.80. The van der Waals surface area contributed by atoms with Gasteiger partial charge in [0.05, 0.1) is 0 Å². The molecule has 0 aromatic carbocycles. The maximum atomic E-state index is 9.10. The van der Waals surface area contributed by atoms with Crippen LogP contribution in [-0.2, 0) is 19.2 Å². The van der Waals surface area contributed by atoms with Gasteiger partial charge in [0, 0.05) is 24.5 Å². The third-order valence-corrected chi connectivity index (χ3v) is 2.61. The van der Waals surface area contributed by atoms with Crippen molar-refractivity contribution in [1.82, 2.24) is 15.3 Å². The Kier molecular flexibility index (Phi) is 10.5. The lowest BCUT2D eigenvalue weighted by atomic mass is 10.1. The number of hydrogen-bond acceptors (Lipinski definition) is 7. The SMILES string of the molecule is C(=C\[C@H]1CCNC1)/c1cncnc1.O=C(O)C(=O)O.O=C(O)C(=O)O. The predicted octanol–water partition coefficient (Wildman–Crippen LogP) is -0.589. The minimum Gasteiger partial charge on any atom is -0.473 e. The fourth-order valence-corrected chi connectivity index (χ4v) is 1.49. The van der Waals surface area contributed by atoms with E-state index in [2.05, 4.69) is 27.4 Å². The molecule has 0 saturated carbocycles. The van der Waals surface area contributed by atoms with E-state index in [4.69, 9.17) is 39.6 Å². The average Bonchev–Trinajstić information content (AvgIpc) is 3.08. The van der Waals surface area contributed by atoms with E-state index in [1.807, 2.05) is 12.4 Å². The van der Waals surface area contributed by atoms with Crippen molar-refractivity contribution in [3.8, 4) is 0 Å². The highest BCUT2D eigenvalue weighted by Gasteiger charge is 2.09. The molecule has 25 heavy (non-hydrogen) atoms. The van der Waals surface area contributed by atoms with Crippen LogP contribution in [0.4, 0.5) is 0 Å². The highest BCUT2D eigenvalue weighted by Crippen LogP contribution is 2.10. The van der Waals surface area contributed by atoms with Crippen LogP contribution in [0.3, 0.4) is 0 Å². The number of carbonyl (C=O) groups is 4. The van der Waals surface area contributed by atoms with Gasteiger partial charge < -0.3 is 25.7 Å². The summed E-state index contributed by atoms with van der Waals surface area (Å²) in [6, 6.07) is 0. The number of carboxylic acids is 4. The van der Waals surface area contributed by atoms with Crippen LogP contribution in [0.25, 0.3) is 6.08 Å². The average molecular weight is 355 g/mol. The summed E-state index contributed by atoms with van der Waals surface area (Å²) < 4.78 is 0. The van der Waals surface area contributed by atoms with Crippen molar-refractivity contribution >= 4 is 30.0 Å². The Morgan fingerprint density at radius 2 is 1.44 bits per heavy atom. The van der Waals surface area contributed by atoms with Gasteiger partial charge in [-0.25, -0.2) is 29.1 Å². The molecule has 1 aromatic rings. The summed E-state index contributed by atoms with van der Waals surface area (Å²) in [7, 11) is 0. The van der Waals surface area contributed by atoms with Crippen molar-refractivity contribution in [2.24, 2.45) is 5.92 Å². The molecule has 1 aromatic heterocycles. The van der Waals surface area contributed by atoms with Gasteiger partial charge in [-0.2, -0.15) is 0 Å². The minimum atomic E-state index is -1.82. The van der Waals surface area contributed by atoms with Gasteiger partial charge in [-0.15, -0.1) is 0 Å². The molecular formula is C14H17N3O8. The first kappa shape index (κ1) is 21.7. The van der Waals surface area contributed by atoms with E-state index in [1.54, 1.807) is 6.33 Å². The fraction of sp³-hybridized carbons (Fsp3) is 0.286. The quantitative estimate of drug-likeness (QED) is 0.427. The van der Waals surface area contributed by atoms with Crippen LogP contribution in [0, 0.1) is 5.92 Å². The van der Waals surface area contributed by atoms with E-state index in [0.717, 1.165) is 18.7 Å². The molecule has 1 atom stereocenters. The molecule has 2 rings (SSSR count). The first-order valence-electron chi connectivity index (χ1n) is 6.80. The molecule has 1 saturated heterocycles. The lowest BCUT2D eigenvalue weighted by Gasteiger charge is -1.98. The van der Waals surface area contributed by atoms with E-state index in [0.29, 0.717) is 5.92 Å². The largest absolute Gasteiger partial charge is 0.473 e. The molecule has 0 aliphatic carbocycles. The van der Waals surface area contributed by atoms with Crippen LogP contribution in [0.5, 0.6) is 0 Å². The zero-order valence-electron chi connectivity index (χ0n) is 12.9. The second kappa shape index (κ2) is 12.1. The molecule has 11 nitrogen and oxygen atoms in total. The normalized spacial score (nSPS) is 15.3. The smallest absolute Gasteiger partial charge is 0.414 e. The number of nitrogens with zero attached hydrogens (tertiary/aromatic N) is 2. The molecule has 1 fully saturated rings. The second-order valence-corrected chi connectivity index (χ2v) is 4.50. The van der Waals surface area contributed by atoms with Gasteiger partial charge in [0.25, 0.3) is 0 Å². The Morgan fingerprint density at radius 1 is 0.960 bits per heavy atom. The second-order valence-electron chi connectivity index (χ2n) is 4.50. The fourth-order valence-electron chi connectivity index (χ4n) is 1.49. The summed E-state index contributed by atoms with van der Waals surface area (Å²) >= 11 is 0. The third kappa shape index (κ3) is 11.8. The Labute approximate surface area is 141 Å².